The molecular formula is C53H62FN9O8S. The molecule has 0 radical (unpaired) electrons. The lowest BCUT2D eigenvalue weighted by atomic mass is 9.88. The highest BCUT2D eigenvalue weighted by Crippen LogP contribution is 2.49. The second kappa shape index (κ2) is 20.4. The van der Waals surface area contributed by atoms with Gasteiger partial charge in [-0.15, -0.1) is 11.3 Å². The summed E-state index contributed by atoms with van der Waals surface area (Å²) in [6.45, 7) is 8.32. The molecule has 0 spiro atoms. The zero-order valence-electron chi connectivity index (χ0n) is 41.5. The van der Waals surface area contributed by atoms with E-state index in [2.05, 4.69) is 43.4 Å². The number of halogens is 1. The maximum atomic E-state index is 17.1. The largest absolute Gasteiger partial charge is 0.464 e. The van der Waals surface area contributed by atoms with Crippen LogP contribution < -0.4 is 15.4 Å². The predicted octanol–water partition coefficient (Wildman–Crippen LogP) is 10.1. The van der Waals surface area contributed by atoms with Crippen molar-refractivity contribution < 1.29 is 42.5 Å². The van der Waals surface area contributed by atoms with Crippen molar-refractivity contribution in [2.24, 2.45) is 5.92 Å². The lowest BCUT2D eigenvalue weighted by Gasteiger charge is -2.30. The van der Waals surface area contributed by atoms with Crippen molar-refractivity contribution in [3.63, 3.8) is 0 Å². The van der Waals surface area contributed by atoms with Gasteiger partial charge in [0, 0.05) is 34.5 Å². The van der Waals surface area contributed by atoms with E-state index in [1.165, 1.54) is 44.4 Å². The average Bonchev–Trinajstić information content (AvgIpc) is 4.24. The van der Waals surface area contributed by atoms with Gasteiger partial charge in [-0.2, -0.15) is 0 Å². The van der Waals surface area contributed by atoms with Crippen LogP contribution in [0.15, 0.2) is 60.9 Å². The van der Waals surface area contributed by atoms with Gasteiger partial charge in [-0.05, 0) is 107 Å². The number of ether oxygens (including phenoxy) is 4. The highest BCUT2D eigenvalue weighted by atomic mass is 32.1. The van der Waals surface area contributed by atoms with E-state index >= 15 is 4.39 Å². The number of carbonyl (C=O) groups excluding carboxylic acids is 4. The first-order chi connectivity index (χ1) is 34.8. The smallest absolute Gasteiger partial charge is 0.409 e. The van der Waals surface area contributed by atoms with Gasteiger partial charge in [-0.3, -0.25) is 19.5 Å². The third-order valence-electron chi connectivity index (χ3n) is 14.5. The number of methoxy groups -OCH3 is 2. The Bertz CT molecular complexity index is 2990. The van der Waals surface area contributed by atoms with E-state index in [1.54, 1.807) is 47.4 Å². The molecular weight excluding hydrogens is 942 g/mol. The van der Waals surface area contributed by atoms with Crippen LogP contribution in [0.2, 0.25) is 0 Å². The number of aromatic amines is 2. The summed E-state index contributed by atoms with van der Waals surface area (Å²) in [7, 11) is 2.51. The molecule has 2 unspecified atom stereocenters. The van der Waals surface area contributed by atoms with Crippen molar-refractivity contribution in [1.82, 2.24) is 44.9 Å². The fraction of sp³-hybridized carbons (Fsp3) is 0.472. The predicted molar refractivity (Wildman–Crippen MR) is 268 cm³/mol. The number of fused-ring (bicyclic) bond motifs is 5. The summed E-state index contributed by atoms with van der Waals surface area (Å²) >= 11 is 1.76. The number of amides is 4. The Morgan fingerprint density at radius 3 is 2.04 bits per heavy atom. The van der Waals surface area contributed by atoms with Gasteiger partial charge in [0.25, 0.3) is 5.91 Å². The van der Waals surface area contributed by atoms with E-state index in [4.69, 9.17) is 28.9 Å². The minimum absolute atomic E-state index is 0.154. The highest BCUT2D eigenvalue weighted by molar-refractivity contribution is 7.12. The Morgan fingerprint density at radius 2 is 1.39 bits per heavy atom. The van der Waals surface area contributed by atoms with E-state index in [0.717, 1.165) is 52.7 Å². The maximum Gasteiger partial charge on any atom is 0.409 e. The van der Waals surface area contributed by atoms with Crippen molar-refractivity contribution in [3.8, 4) is 39.5 Å². The molecule has 7 heterocycles. The molecule has 3 aliphatic heterocycles. The number of H-pyrrole nitrogens is 2. The van der Waals surface area contributed by atoms with E-state index in [-0.39, 0.29) is 24.0 Å². The average molecular weight is 1000 g/mol. The zero-order chi connectivity index (χ0) is 50.4. The number of aromatic nitrogens is 5. The third kappa shape index (κ3) is 9.43. The molecule has 1 saturated carbocycles. The van der Waals surface area contributed by atoms with Crippen LogP contribution in [0.4, 0.5) is 14.0 Å². The van der Waals surface area contributed by atoms with Gasteiger partial charge in [-0.1, -0.05) is 39.2 Å². The Balaban J connectivity index is 0.972. The number of nitrogens with zero attached hydrogens (tertiary/aromatic N) is 5. The van der Waals surface area contributed by atoms with E-state index in [0.29, 0.717) is 71.8 Å². The quantitative estimate of drug-likeness (QED) is 0.0808. The Hall–Kier alpha value is -6.73. The molecule has 4 N–H and O–H groups in total. The molecule has 6 aromatic rings. The van der Waals surface area contributed by atoms with Crippen LogP contribution in [0, 0.1) is 11.7 Å². The standard InChI is InChI=1S/C53H62FN9O8S/c1-28(2)45(59-52(66)68-5)49(64)61-20-10-14-38(61)46-55-26-35(57-46)31-16-17-37-33(22-31)24-40-44-34(54)23-32(25-41(44)71-51(63(37)40)43-19-18-42(72-43)30-12-8-7-9-13-30)36-27-56-47(58-36)39-15-11-21-62(39)50(65)48(70-29(3)4)60-53(67)69-6/h16-19,22-30,38-39,45,48,51H,7-15,20-21H2,1-6H3,(H,55,57)(H,56,58)(H,59,66)(H,60,67)/t38-,39-,45-,48?,51?/m0/s1. The van der Waals surface area contributed by atoms with Gasteiger partial charge < -0.3 is 44.0 Å². The second-order valence-corrected chi connectivity index (χ2v) is 21.0. The van der Waals surface area contributed by atoms with Crippen LogP contribution in [0.25, 0.3) is 44.7 Å². The highest BCUT2D eigenvalue weighted by Gasteiger charge is 2.40. The summed E-state index contributed by atoms with van der Waals surface area (Å²) in [5.41, 5.74) is 4.63. The second-order valence-electron chi connectivity index (χ2n) is 19.9. The van der Waals surface area contributed by atoms with E-state index < -0.39 is 48.5 Å². The van der Waals surface area contributed by atoms with Gasteiger partial charge >= 0.3 is 12.2 Å². The minimum Gasteiger partial charge on any atom is -0.464 e. The number of thiophene rings is 1. The molecule has 3 fully saturated rings. The van der Waals surface area contributed by atoms with Gasteiger partial charge in [0.05, 0.1) is 77.8 Å². The number of alkyl carbamates (subject to hydrolysis) is 2. The summed E-state index contributed by atoms with van der Waals surface area (Å²) in [4.78, 5) is 74.2. The first-order valence-corrected chi connectivity index (χ1v) is 25.9. The molecule has 4 aliphatic rings. The van der Waals surface area contributed by atoms with Gasteiger partial charge in [0.15, 0.2) is 0 Å². The molecule has 5 atom stereocenters. The number of imidazole rings is 2. The molecule has 4 aromatic heterocycles. The number of carbonyl (C=O) groups is 4. The molecule has 10 rings (SSSR count). The normalized spacial score (nSPS) is 19.8. The Morgan fingerprint density at radius 1 is 0.750 bits per heavy atom. The summed E-state index contributed by atoms with van der Waals surface area (Å²) in [6.07, 6.45) is 8.69. The first kappa shape index (κ1) is 48.9. The number of nitrogens with one attached hydrogen (secondary N) is 4. The fourth-order valence-corrected chi connectivity index (χ4v) is 12.2. The number of hydrogen-bond donors (Lipinski definition) is 4. The molecule has 2 saturated heterocycles. The molecule has 17 nitrogen and oxygen atoms in total. The first-order valence-electron chi connectivity index (χ1n) is 25.1. The number of hydrogen-bond acceptors (Lipinski definition) is 11. The fourth-order valence-electron chi connectivity index (χ4n) is 10.9. The molecule has 72 heavy (non-hydrogen) atoms. The number of rotatable bonds is 13. The Kier molecular flexibility index (Phi) is 13.9. The third-order valence-corrected chi connectivity index (χ3v) is 15.8. The van der Waals surface area contributed by atoms with Crippen LogP contribution in [-0.2, 0) is 23.8 Å². The maximum absolute atomic E-state index is 17.1. The topological polar surface area (TPSA) is 198 Å². The minimum atomic E-state index is -1.25. The van der Waals surface area contributed by atoms with Crippen molar-refractivity contribution in [2.75, 3.05) is 27.3 Å². The lowest BCUT2D eigenvalue weighted by Crippen LogP contribution is -2.51. The molecule has 1 aliphatic carbocycles. The van der Waals surface area contributed by atoms with Crippen molar-refractivity contribution in [3.05, 3.63) is 88.1 Å². The van der Waals surface area contributed by atoms with Crippen molar-refractivity contribution >= 4 is 46.2 Å². The summed E-state index contributed by atoms with van der Waals surface area (Å²) in [6, 6.07) is 14.4. The van der Waals surface area contributed by atoms with Crippen LogP contribution in [0.3, 0.4) is 0 Å². The lowest BCUT2D eigenvalue weighted by molar-refractivity contribution is -0.149. The summed E-state index contributed by atoms with van der Waals surface area (Å²) < 4.78 is 41.5. The number of likely N-dealkylation sites (tertiary alicyclic amines) is 2. The molecule has 380 valence electrons. The van der Waals surface area contributed by atoms with Crippen LogP contribution in [0.1, 0.15) is 131 Å². The summed E-state index contributed by atoms with van der Waals surface area (Å²) in [5, 5.41) is 6.11. The molecule has 0 bridgehead atoms. The summed E-state index contributed by atoms with van der Waals surface area (Å²) in [5.74, 6) is 0.875. The monoisotopic (exact) mass is 1000 g/mol. The van der Waals surface area contributed by atoms with Crippen molar-refractivity contribution in [1.29, 1.82) is 0 Å². The van der Waals surface area contributed by atoms with Crippen LogP contribution in [-0.4, -0.2) is 104 Å². The Labute approximate surface area is 421 Å². The number of benzene rings is 2. The zero-order valence-corrected chi connectivity index (χ0v) is 42.3. The van der Waals surface area contributed by atoms with E-state index in [9.17, 15) is 19.2 Å². The van der Waals surface area contributed by atoms with Gasteiger partial charge in [0.1, 0.15) is 29.3 Å². The molecule has 2 aromatic carbocycles. The van der Waals surface area contributed by atoms with Crippen LogP contribution in [0.5, 0.6) is 5.75 Å². The van der Waals surface area contributed by atoms with Crippen LogP contribution >= 0.6 is 11.3 Å². The van der Waals surface area contributed by atoms with Crippen molar-refractivity contribution in [2.45, 2.75) is 128 Å². The van der Waals surface area contributed by atoms with E-state index in [1.807, 2.05) is 38.1 Å². The molecule has 4 amide bonds. The van der Waals surface area contributed by atoms with Gasteiger partial charge in [0.2, 0.25) is 18.4 Å². The SMILES string of the molecule is COC(=O)NC(OC(C)C)C(=O)N1CCC[C@H]1c1ncc(-c2cc(F)c3c(c2)OC(c2ccc(C4CCCCC4)s2)n2c-3cc3cc(-c4cnc([C@@H]5CCCN5C(=O)[C@@H](NC(=O)OC)C(C)C)[nH]4)ccc32)[nH]1. The molecule has 19 heteroatoms. The van der Waals surface area contributed by atoms with Gasteiger partial charge in [-0.25, -0.2) is 23.9 Å².